The van der Waals surface area contributed by atoms with E-state index in [2.05, 4.69) is 44.0 Å². The van der Waals surface area contributed by atoms with Gasteiger partial charge in [0.1, 0.15) is 12.1 Å². The molecule has 6 nitrogen and oxygen atoms in total. The zero-order valence-corrected chi connectivity index (χ0v) is 17.7. The number of ether oxygens (including phenoxy) is 2. The van der Waals surface area contributed by atoms with Crippen molar-refractivity contribution in [1.82, 2.24) is 14.9 Å². The maximum atomic E-state index is 5.51. The van der Waals surface area contributed by atoms with E-state index >= 15 is 0 Å². The molecule has 0 N–H and O–H groups in total. The van der Waals surface area contributed by atoms with Crippen LogP contribution in [0.2, 0.25) is 0 Å². The first-order valence-corrected chi connectivity index (χ1v) is 10.7. The topological polar surface area (TPSA) is 50.7 Å². The van der Waals surface area contributed by atoms with Crippen molar-refractivity contribution in [3.63, 3.8) is 0 Å². The van der Waals surface area contributed by atoms with E-state index in [9.17, 15) is 0 Å². The summed E-state index contributed by atoms with van der Waals surface area (Å²) in [6.45, 7) is 5.42. The van der Waals surface area contributed by atoms with Gasteiger partial charge in [0.25, 0.3) is 0 Å². The number of rotatable bonds is 5. The maximum Gasteiger partial charge on any atom is 0.162 e. The summed E-state index contributed by atoms with van der Waals surface area (Å²) in [6.07, 6.45) is 4.00. The molecule has 5 rings (SSSR count). The minimum absolute atomic E-state index is 0.653. The van der Waals surface area contributed by atoms with E-state index in [0.29, 0.717) is 17.4 Å². The van der Waals surface area contributed by atoms with E-state index in [-0.39, 0.29) is 0 Å². The van der Waals surface area contributed by atoms with E-state index in [1.54, 1.807) is 20.5 Å². The average molecular weight is 405 g/mol. The fraction of sp³-hybridized carbons (Fsp3) is 0.417. The first-order valence-electron chi connectivity index (χ1n) is 10.7. The highest BCUT2D eigenvalue weighted by Crippen LogP contribution is 2.36. The molecule has 3 aromatic rings. The Kier molecular flexibility index (Phi) is 5.17. The third-order valence-corrected chi connectivity index (χ3v) is 6.43. The summed E-state index contributed by atoms with van der Waals surface area (Å²) < 4.78 is 10.9. The number of nitrogens with zero attached hydrogens (tertiary/aromatic N) is 4. The van der Waals surface area contributed by atoms with E-state index in [1.165, 1.54) is 17.5 Å². The summed E-state index contributed by atoms with van der Waals surface area (Å²) in [6, 6.07) is 12.8. The Balaban J connectivity index is 1.32. The first kappa shape index (κ1) is 19.1. The molecule has 0 radical (unpaired) electrons. The molecule has 1 atom stereocenters. The summed E-state index contributed by atoms with van der Waals surface area (Å²) in [5, 5.41) is 1.02. The molecule has 6 heteroatoms. The molecule has 0 saturated carbocycles. The number of hydrogen-bond acceptors (Lipinski definition) is 6. The number of anilines is 1. The molecule has 0 aliphatic carbocycles. The Morgan fingerprint density at radius 1 is 1.00 bits per heavy atom. The average Bonchev–Trinajstić information content (AvgIpc) is 3.25. The standard InChI is InChI=1S/C24H28N4O2/c1-29-22-11-20-21(12-23(22)30-2)25-16-26-24(20)28-10-7-17(14-28)13-27-9-8-18-5-3-4-6-19(18)15-27/h3-6,11-12,16-17H,7-10,13-15H2,1-2H3. The van der Waals surface area contributed by atoms with Crippen LogP contribution in [0.25, 0.3) is 10.9 Å². The van der Waals surface area contributed by atoms with Crippen molar-refractivity contribution in [2.24, 2.45) is 5.92 Å². The third-order valence-electron chi connectivity index (χ3n) is 6.43. The van der Waals surface area contributed by atoms with Gasteiger partial charge in [-0.15, -0.1) is 0 Å². The molecular weight excluding hydrogens is 376 g/mol. The van der Waals surface area contributed by atoms with Crippen molar-refractivity contribution in [3.8, 4) is 11.5 Å². The van der Waals surface area contributed by atoms with Gasteiger partial charge in [-0.05, 0) is 36.0 Å². The van der Waals surface area contributed by atoms with Crippen molar-refractivity contribution < 1.29 is 9.47 Å². The smallest absolute Gasteiger partial charge is 0.162 e. The van der Waals surface area contributed by atoms with Gasteiger partial charge in [0, 0.05) is 44.2 Å². The molecule has 1 fully saturated rings. The van der Waals surface area contributed by atoms with Crippen LogP contribution >= 0.6 is 0 Å². The molecule has 1 saturated heterocycles. The lowest BCUT2D eigenvalue weighted by atomic mass is 9.98. The predicted molar refractivity (Wildman–Crippen MR) is 118 cm³/mol. The molecule has 0 amide bonds. The molecule has 1 aromatic heterocycles. The van der Waals surface area contributed by atoms with Crippen LogP contribution in [0.5, 0.6) is 11.5 Å². The van der Waals surface area contributed by atoms with Crippen molar-refractivity contribution in [3.05, 3.63) is 53.9 Å². The van der Waals surface area contributed by atoms with Gasteiger partial charge < -0.3 is 14.4 Å². The van der Waals surface area contributed by atoms with Gasteiger partial charge in [-0.2, -0.15) is 0 Å². The Labute approximate surface area is 177 Å². The second-order valence-electron chi connectivity index (χ2n) is 8.28. The molecule has 1 unspecified atom stereocenters. The fourth-order valence-corrected chi connectivity index (χ4v) is 4.87. The second kappa shape index (κ2) is 8.11. The van der Waals surface area contributed by atoms with Gasteiger partial charge >= 0.3 is 0 Å². The summed E-state index contributed by atoms with van der Waals surface area (Å²) >= 11 is 0. The molecule has 0 bridgehead atoms. The number of fused-ring (bicyclic) bond motifs is 2. The highest BCUT2D eigenvalue weighted by molar-refractivity contribution is 5.92. The minimum Gasteiger partial charge on any atom is -0.493 e. The molecule has 0 spiro atoms. The van der Waals surface area contributed by atoms with E-state index < -0.39 is 0 Å². The van der Waals surface area contributed by atoms with Crippen LogP contribution in [0.3, 0.4) is 0 Å². The van der Waals surface area contributed by atoms with E-state index in [4.69, 9.17) is 9.47 Å². The zero-order valence-electron chi connectivity index (χ0n) is 17.7. The van der Waals surface area contributed by atoms with Crippen LogP contribution in [0.1, 0.15) is 17.5 Å². The molecule has 156 valence electrons. The highest BCUT2D eigenvalue weighted by Gasteiger charge is 2.28. The zero-order chi connectivity index (χ0) is 20.5. The first-order chi connectivity index (χ1) is 14.7. The lowest BCUT2D eigenvalue weighted by Gasteiger charge is -2.30. The molecule has 2 aromatic carbocycles. The van der Waals surface area contributed by atoms with Gasteiger partial charge in [-0.1, -0.05) is 24.3 Å². The monoisotopic (exact) mass is 404 g/mol. The maximum absolute atomic E-state index is 5.51. The Bertz CT molecular complexity index is 1050. The number of aromatic nitrogens is 2. The van der Waals surface area contributed by atoms with Crippen LogP contribution in [0.15, 0.2) is 42.7 Å². The number of benzene rings is 2. The van der Waals surface area contributed by atoms with Gasteiger partial charge in [0.15, 0.2) is 11.5 Å². The third kappa shape index (κ3) is 3.56. The van der Waals surface area contributed by atoms with E-state index in [0.717, 1.165) is 55.9 Å². The van der Waals surface area contributed by atoms with Crippen molar-refractivity contribution in [1.29, 1.82) is 0 Å². The minimum atomic E-state index is 0.653. The Morgan fingerprint density at radius 2 is 1.80 bits per heavy atom. The van der Waals surface area contributed by atoms with Gasteiger partial charge in [0.2, 0.25) is 0 Å². The molecule has 2 aliphatic rings. The molecule has 3 heterocycles. The van der Waals surface area contributed by atoms with Crippen LogP contribution in [0.4, 0.5) is 5.82 Å². The summed E-state index contributed by atoms with van der Waals surface area (Å²) in [7, 11) is 3.31. The quantitative estimate of drug-likeness (QED) is 0.648. The van der Waals surface area contributed by atoms with Crippen LogP contribution in [-0.2, 0) is 13.0 Å². The SMILES string of the molecule is COc1cc2ncnc(N3CCC(CN4CCc5ccccc5C4)C3)c2cc1OC. The number of methoxy groups -OCH3 is 2. The molecule has 30 heavy (non-hydrogen) atoms. The second-order valence-corrected chi connectivity index (χ2v) is 8.28. The highest BCUT2D eigenvalue weighted by atomic mass is 16.5. The summed E-state index contributed by atoms with van der Waals surface area (Å²) in [5.74, 6) is 3.05. The van der Waals surface area contributed by atoms with Gasteiger partial charge in [0.05, 0.1) is 19.7 Å². The van der Waals surface area contributed by atoms with Gasteiger partial charge in [-0.3, -0.25) is 4.90 Å². The summed E-state index contributed by atoms with van der Waals surface area (Å²) in [4.78, 5) is 14.1. The van der Waals surface area contributed by atoms with Crippen molar-refractivity contribution in [2.45, 2.75) is 19.4 Å². The predicted octanol–water partition coefficient (Wildman–Crippen LogP) is 3.53. The number of hydrogen-bond donors (Lipinski definition) is 0. The molecule has 2 aliphatic heterocycles. The van der Waals surface area contributed by atoms with Crippen LogP contribution in [-0.4, -0.2) is 55.3 Å². The Hall–Kier alpha value is -2.86. The lowest BCUT2D eigenvalue weighted by Crippen LogP contribution is -2.35. The van der Waals surface area contributed by atoms with Crippen molar-refractivity contribution >= 4 is 16.7 Å². The lowest BCUT2D eigenvalue weighted by molar-refractivity contribution is 0.220. The Morgan fingerprint density at radius 3 is 2.63 bits per heavy atom. The summed E-state index contributed by atoms with van der Waals surface area (Å²) in [5.41, 5.74) is 3.88. The fourth-order valence-electron chi connectivity index (χ4n) is 4.87. The van der Waals surface area contributed by atoms with E-state index in [1.807, 2.05) is 12.1 Å². The van der Waals surface area contributed by atoms with Crippen LogP contribution < -0.4 is 14.4 Å². The normalized spacial score (nSPS) is 19.1. The largest absolute Gasteiger partial charge is 0.493 e. The van der Waals surface area contributed by atoms with Gasteiger partial charge in [-0.25, -0.2) is 9.97 Å². The van der Waals surface area contributed by atoms with Crippen molar-refractivity contribution in [2.75, 3.05) is 45.3 Å². The van der Waals surface area contributed by atoms with Crippen LogP contribution in [0, 0.1) is 5.92 Å². The molecular formula is C24H28N4O2.